The Morgan fingerprint density at radius 2 is 2.14 bits per heavy atom. The van der Waals surface area contributed by atoms with Crippen LogP contribution in [0.3, 0.4) is 0 Å². The van der Waals surface area contributed by atoms with E-state index in [1.54, 1.807) is 18.3 Å². The van der Waals surface area contributed by atoms with Gasteiger partial charge in [0, 0.05) is 19.4 Å². The van der Waals surface area contributed by atoms with E-state index in [0.29, 0.717) is 28.5 Å². The standard InChI is InChI=1S/C14H14N4O3/c1-18-7-6-15-13(18)12-16-9-5-4-8(14(19)21-3)11(20-2)10(9)17-12/h4-7H,1-3H3,(H,16,17). The Labute approximate surface area is 120 Å². The van der Waals surface area contributed by atoms with Crippen molar-refractivity contribution in [1.29, 1.82) is 0 Å². The molecule has 0 amide bonds. The van der Waals surface area contributed by atoms with Crippen LogP contribution >= 0.6 is 0 Å². The number of benzene rings is 1. The molecule has 7 nitrogen and oxygen atoms in total. The summed E-state index contributed by atoms with van der Waals surface area (Å²) < 4.78 is 11.9. The number of hydrogen-bond donors (Lipinski definition) is 1. The number of H-pyrrole nitrogens is 1. The number of aryl methyl sites for hydroxylation is 1. The number of nitrogens with one attached hydrogen (secondary N) is 1. The van der Waals surface area contributed by atoms with Crippen LogP contribution in [0.2, 0.25) is 0 Å². The highest BCUT2D eigenvalue weighted by molar-refractivity contribution is 5.99. The molecular weight excluding hydrogens is 272 g/mol. The lowest BCUT2D eigenvalue weighted by Crippen LogP contribution is -2.04. The molecule has 3 aromatic rings. The lowest BCUT2D eigenvalue weighted by Gasteiger charge is -2.06. The summed E-state index contributed by atoms with van der Waals surface area (Å²) in [5.41, 5.74) is 1.67. The average molecular weight is 286 g/mol. The maximum absolute atomic E-state index is 11.8. The molecule has 0 spiro atoms. The third kappa shape index (κ3) is 2.03. The number of rotatable bonds is 3. The number of aromatic nitrogens is 4. The van der Waals surface area contributed by atoms with E-state index in [9.17, 15) is 4.79 Å². The monoisotopic (exact) mass is 286 g/mol. The number of fused-ring (bicyclic) bond motifs is 1. The number of carbonyl (C=O) groups excluding carboxylic acids is 1. The van der Waals surface area contributed by atoms with Crippen molar-refractivity contribution in [2.24, 2.45) is 7.05 Å². The van der Waals surface area contributed by atoms with Gasteiger partial charge in [-0.05, 0) is 12.1 Å². The molecule has 0 aliphatic rings. The summed E-state index contributed by atoms with van der Waals surface area (Å²) in [5, 5.41) is 0. The minimum Gasteiger partial charge on any atom is -0.493 e. The zero-order valence-corrected chi connectivity index (χ0v) is 11.9. The van der Waals surface area contributed by atoms with Gasteiger partial charge in [-0.3, -0.25) is 0 Å². The Hall–Kier alpha value is -2.83. The number of ether oxygens (including phenoxy) is 2. The molecule has 2 heterocycles. The van der Waals surface area contributed by atoms with Crippen molar-refractivity contribution in [1.82, 2.24) is 19.5 Å². The Bertz CT molecular complexity index is 819. The first-order valence-electron chi connectivity index (χ1n) is 6.28. The summed E-state index contributed by atoms with van der Waals surface area (Å²) in [5.74, 6) is 1.23. The molecule has 0 aliphatic carbocycles. The first kappa shape index (κ1) is 13.2. The van der Waals surface area contributed by atoms with E-state index in [2.05, 4.69) is 15.0 Å². The normalized spacial score (nSPS) is 10.8. The number of imidazole rings is 2. The number of aromatic amines is 1. The topological polar surface area (TPSA) is 82.0 Å². The van der Waals surface area contributed by atoms with Crippen LogP contribution in [0.4, 0.5) is 0 Å². The summed E-state index contributed by atoms with van der Waals surface area (Å²) in [7, 11) is 4.71. The van der Waals surface area contributed by atoms with Gasteiger partial charge in [-0.2, -0.15) is 0 Å². The van der Waals surface area contributed by atoms with Crippen molar-refractivity contribution in [3.8, 4) is 17.4 Å². The highest BCUT2D eigenvalue weighted by Crippen LogP contribution is 2.30. The van der Waals surface area contributed by atoms with E-state index in [0.717, 1.165) is 5.52 Å². The Morgan fingerprint density at radius 1 is 1.33 bits per heavy atom. The summed E-state index contributed by atoms with van der Waals surface area (Å²) in [4.78, 5) is 23.7. The molecule has 0 saturated heterocycles. The number of methoxy groups -OCH3 is 2. The fourth-order valence-electron chi connectivity index (χ4n) is 2.23. The van der Waals surface area contributed by atoms with Gasteiger partial charge in [-0.15, -0.1) is 0 Å². The molecule has 21 heavy (non-hydrogen) atoms. The van der Waals surface area contributed by atoms with Crippen molar-refractivity contribution in [3.05, 3.63) is 30.1 Å². The largest absolute Gasteiger partial charge is 0.493 e. The number of nitrogens with zero attached hydrogens (tertiary/aromatic N) is 3. The lowest BCUT2D eigenvalue weighted by molar-refractivity contribution is 0.0597. The van der Waals surface area contributed by atoms with Gasteiger partial charge in [0.25, 0.3) is 0 Å². The Balaban J connectivity index is 2.22. The SMILES string of the molecule is COC(=O)c1ccc2[nH]c(-c3nccn3C)nc2c1OC. The van der Waals surface area contributed by atoms with Crippen LogP contribution in [-0.2, 0) is 11.8 Å². The minimum absolute atomic E-state index is 0.338. The highest BCUT2D eigenvalue weighted by Gasteiger charge is 2.19. The molecule has 7 heteroatoms. The van der Waals surface area contributed by atoms with Crippen LogP contribution in [-0.4, -0.2) is 39.7 Å². The lowest BCUT2D eigenvalue weighted by atomic mass is 10.1. The zero-order valence-electron chi connectivity index (χ0n) is 11.9. The van der Waals surface area contributed by atoms with Gasteiger partial charge in [-0.25, -0.2) is 14.8 Å². The molecule has 1 aromatic carbocycles. The van der Waals surface area contributed by atoms with Crippen LogP contribution in [0.5, 0.6) is 5.75 Å². The van der Waals surface area contributed by atoms with Gasteiger partial charge in [-0.1, -0.05) is 0 Å². The van der Waals surface area contributed by atoms with E-state index in [4.69, 9.17) is 9.47 Å². The van der Waals surface area contributed by atoms with Crippen LogP contribution in [0.25, 0.3) is 22.7 Å². The van der Waals surface area contributed by atoms with Crippen molar-refractivity contribution >= 4 is 17.0 Å². The quantitative estimate of drug-likeness (QED) is 0.742. The van der Waals surface area contributed by atoms with Crippen molar-refractivity contribution in [2.45, 2.75) is 0 Å². The van der Waals surface area contributed by atoms with Crippen molar-refractivity contribution in [3.63, 3.8) is 0 Å². The molecule has 3 rings (SSSR count). The van der Waals surface area contributed by atoms with E-state index in [1.807, 2.05) is 17.8 Å². The molecule has 0 aliphatic heterocycles. The molecule has 0 unspecified atom stereocenters. The zero-order chi connectivity index (χ0) is 15.0. The fourth-order valence-corrected chi connectivity index (χ4v) is 2.23. The maximum atomic E-state index is 11.8. The first-order valence-corrected chi connectivity index (χ1v) is 6.28. The van der Waals surface area contributed by atoms with Crippen LogP contribution < -0.4 is 4.74 Å². The van der Waals surface area contributed by atoms with Gasteiger partial charge in [0.05, 0.1) is 19.7 Å². The average Bonchev–Trinajstić information content (AvgIpc) is 3.10. The molecule has 0 atom stereocenters. The summed E-state index contributed by atoms with van der Waals surface area (Å²) in [6, 6.07) is 3.41. The van der Waals surface area contributed by atoms with E-state index in [1.165, 1.54) is 14.2 Å². The molecule has 2 aromatic heterocycles. The van der Waals surface area contributed by atoms with Gasteiger partial charge < -0.3 is 19.0 Å². The van der Waals surface area contributed by atoms with Gasteiger partial charge in [0.15, 0.2) is 17.4 Å². The molecule has 108 valence electrons. The second-order valence-corrected chi connectivity index (χ2v) is 4.48. The Kier molecular flexibility index (Phi) is 3.09. The smallest absolute Gasteiger partial charge is 0.341 e. The molecule has 0 fully saturated rings. The highest BCUT2D eigenvalue weighted by atomic mass is 16.5. The molecular formula is C14H14N4O3. The number of carbonyl (C=O) groups is 1. The number of hydrogen-bond acceptors (Lipinski definition) is 5. The second kappa shape index (κ2) is 4.93. The molecule has 1 N–H and O–H groups in total. The Morgan fingerprint density at radius 3 is 2.76 bits per heavy atom. The third-order valence-corrected chi connectivity index (χ3v) is 3.25. The number of esters is 1. The van der Waals surface area contributed by atoms with Gasteiger partial charge >= 0.3 is 5.97 Å². The first-order chi connectivity index (χ1) is 10.2. The second-order valence-electron chi connectivity index (χ2n) is 4.48. The van der Waals surface area contributed by atoms with Crippen molar-refractivity contribution < 1.29 is 14.3 Å². The fraction of sp³-hybridized carbons (Fsp3) is 0.214. The predicted octanol–water partition coefficient (Wildman–Crippen LogP) is 1.76. The van der Waals surface area contributed by atoms with E-state index >= 15 is 0 Å². The van der Waals surface area contributed by atoms with Crippen LogP contribution in [0.15, 0.2) is 24.5 Å². The van der Waals surface area contributed by atoms with Crippen LogP contribution in [0.1, 0.15) is 10.4 Å². The summed E-state index contributed by atoms with van der Waals surface area (Å²) >= 11 is 0. The third-order valence-electron chi connectivity index (χ3n) is 3.25. The van der Waals surface area contributed by atoms with Gasteiger partial charge in [0.1, 0.15) is 11.1 Å². The maximum Gasteiger partial charge on any atom is 0.341 e. The molecule has 0 saturated carbocycles. The molecule has 0 bridgehead atoms. The van der Waals surface area contributed by atoms with Crippen molar-refractivity contribution in [2.75, 3.05) is 14.2 Å². The van der Waals surface area contributed by atoms with Gasteiger partial charge in [0.2, 0.25) is 0 Å². The van der Waals surface area contributed by atoms with E-state index in [-0.39, 0.29) is 0 Å². The molecule has 0 radical (unpaired) electrons. The minimum atomic E-state index is -0.463. The summed E-state index contributed by atoms with van der Waals surface area (Å²) in [6.45, 7) is 0. The predicted molar refractivity (Wildman–Crippen MR) is 76.2 cm³/mol. The van der Waals surface area contributed by atoms with Crippen LogP contribution in [0, 0.1) is 0 Å². The van der Waals surface area contributed by atoms with E-state index < -0.39 is 5.97 Å². The summed E-state index contributed by atoms with van der Waals surface area (Å²) in [6.07, 6.45) is 3.53.